The molecule has 2 aliphatic rings. The molecule has 0 aromatic carbocycles. The van der Waals surface area contributed by atoms with Crippen LogP contribution in [0.4, 0.5) is 5.95 Å². The van der Waals surface area contributed by atoms with E-state index in [4.69, 9.17) is 10.5 Å². The molecule has 3 rings (SSSR count). The monoisotopic (exact) mass is 263 g/mol. The SMILES string of the molecule is NCc1cnc(N2CCC(N3CCOCC3)C2)nc1. The minimum absolute atomic E-state index is 0.497. The molecule has 2 N–H and O–H groups in total. The summed E-state index contributed by atoms with van der Waals surface area (Å²) in [7, 11) is 0. The van der Waals surface area contributed by atoms with E-state index in [1.165, 1.54) is 6.42 Å². The van der Waals surface area contributed by atoms with Gasteiger partial charge in [-0.05, 0) is 6.42 Å². The molecule has 0 aliphatic carbocycles. The van der Waals surface area contributed by atoms with Crippen LogP contribution >= 0.6 is 0 Å². The second-order valence-electron chi connectivity index (χ2n) is 5.13. The van der Waals surface area contributed by atoms with Crippen LogP contribution in [0.1, 0.15) is 12.0 Å². The van der Waals surface area contributed by atoms with E-state index < -0.39 is 0 Å². The second-order valence-corrected chi connectivity index (χ2v) is 5.13. The first-order valence-corrected chi connectivity index (χ1v) is 6.94. The van der Waals surface area contributed by atoms with Crippen molar-refractivity contribution in [2.45, 2.75) is 19.0 Å². The van der Waals surface area contributed by atoms with Crippen molar-refractivity contribution in [2.75, 3.05) is 44.3 Å². The number of hydrogen-bond donors (Lipinski definition) is 1. The zero-order valence-corrected chi connectivity index (χ0v) is 11.2. The van der Waals surface area contributed by atoms with Crippen LogP contribution in [0.2, 0.25) is 0 Å². The minimum Gasteiger partial charge on any atom is -0.379 e. The van der Waals surface area contributed by atoms with Crippen molar-refractivity contribution in [3.63, 3.8) is 0 Å². The van der Waals surface area contributed by atoms with Crippen LogP contribution in [0.5, 0.6) is 0 Å². The van der Waals surface area contributed by atoms with Gasteiger partial charge in [0.2, 0.25) is 5.95 Å². The van der Waals surface area contributed by atoms with Crippen molar-refractivity contribution >= 4 is 5.95 Å². The van der Waals surface area contributed by atoms with Gasteiger partial charge in [-0.1, -0.05) is 0 Å². The summed E-state index contributed by atoms with van der Waals surface area (Å²) in [5.74, 6) is 0.827. The Morgan fingerprint density at radius 2 is 1.95 bits per heavy atom. The Labute approximate surface area is 113 Å². The van der Waals surface area contributed by atoms with E-state index >= 15 is 0 Å². The third-order valence-corrected chi connectivity index (χ3v) is 3.94. The highest BCUT2D eigenvalue weighted by atomic mass is 16.5. The molecule has 0 spiro atoms. The van der Waals surface area contributed by atoms with Crippen LogP contribution in [-0.4, -0.2) is 60.3 Å². The number of nitrogens with zero attached hydrogens (tertiary/aromatic N) is 4. The molecule has 1 aromatic rings. The standard InChI is InChI=1S/C13H21N5O/c14-7-11-8-15-13(16-9-11)18-2-1-12(10-18)17-3-5-19-6-4-17/h8-9,12H,1-7,10,14H2. The van der Waals surface area contributed by atoms with Crippen molar-refractivity contribution in [3.8, 4) is 0 Å². The zero-order chi connectivity index (χ0) is 13.1. The van der Waals surface area contributed by atoms with Gasteiger partial charge in [-0.2, -0.15) is 0 Å². The Morgan fingerprint density at radius 3 is 2.63 bits per heavy atom. The van der Waals surface area contributed by atoms with Gasteiger partial charge < -0.3 is 15.4 Å². The van der Waals surface area contributed by atoms with Crippen molar-refractivity contribution < 1.29 is 4.74 Å². The topological polar surface area (TPSA) is 67.5 Å². The molecular formula is C13H21N5O. The Balaban J connectivity index is 1.61. The quantitative estimate of drug-likeness (QED) is 0.818. The number of ether oxygens (including phenoxy) is 1. The molecule has 2 fully saturated rings. The predicted molar refractivity (Wildman–Crippen MR) is 72.9 cm³/mol. The highest BCUT2D eigenvalue weighted by Gasteiger charge is 2.29. The van der Waals surface area contributed by atoms with Gasteiger partial charge in [-0.15, -0.1) is 0 Å². The number of nitrogens with two attached hydrogens (primary N) is 1. The molecule has 0 saturated carbocycles. The highest BCUT2D eigenvalue weighted by Crippen LogP contribution is 2.20. The van der Waals surface area contributed by atoms with Gasteiger partial charge in [0.05, 0.1) is 13.2 Å². The van der Waals surface area contributed by atoms with E-state index in [9.17, 15) is 0 Å². The van der Waals surface area contributed by atoms with E-state index in [0.717, 1.165) is 50.9 Å². The highest BCUT2D eigenvalue weighted by molar-refractivity contribution is 5.32. The summed E-state index contributed by atoms with van der Waals surface area (Å²) in [6, 6.07) is 0.613. The van der Waals surface area contributed by atoms with E-state index in [2.05, 4.69) is 19.8 Å². The smallest absolute Gasteiger partial charge is 0.225 e. The zero-order valence-electron chi connectivity index (χ0n) is 11.2. The number of aromatic nitrogens is 2. The minimum atomic E-state index is 0.497. The van der Waals surface area contributed by atoms with Crippen LogP contribution < -0.4 is 10.6 Å². The maximum absolute atomic E-state index is 5.56. The average molecular weight is 263 g/mol. The summed E-state index contributed by atoms with van der Waals surface area (Å²) >= 11 is 0. The first-order valence-electron chi connectivity index (χ1n) is 6.94. The summed E-state index contributed by atoms with van der Waals surface area (Å²) < 4.78 is 5.40. The molecule has 3 heterocycles. The summed E-state index contributed by atoms with van der Waals surface area (Å²) in [4.78, 5) is 13.6. The maximum atomic E-state index is 5.56. The van der Waals surface area contributed by atoms with Crippen LogP contribution in [0, 0.1) is 0 Å². The molecule has 104 valence electrons. The number of anilines is 1. The van der Waals surface area contributed by atoms with Gasteiger partial charge in [-0.25, -0.2) is 9.97 Å². The average Bonchev–Trinajstić information content (AvgIpc) is 2.98. The number of morpholine rings is 1. The Kier molecular flexibility index (Phi) is 3.91. The molecule has 1 atom stereocenters. The van der Waals surface area contributed by atoms with E-state index in [1.807, 2.05) is 12.4 Å². The van der Waals surface area contributed by atoms with E-state index in [-0.39, 0.29) is 0 Å². The summed E-state index contributed by atoms with van der Waals surface area (Å²) in [6.07, 6.45) is 4.83. The van der Waals surface area contributed by atoms with E-state index in [1.54, 1.807) is 0 Å². The van der Waals surface area contributed by atoms with Gasteiger partial charge >= 0.3 is 0 Å². The third kappa shape index (κ3) is 2.86. The Hall–Kier alpha value is -1.24. The van der Waals surface area contributed by atoms with Crippen LogP contribution in [0.25, 0.3) is 0 Å². The number of hydrogen-bond acceptors (Lipinski definition) is 6. The van der Waals surface area contributed by atoms with Gasteiger partial charge in [0.1, 0.15) is 0 Å². The normalized spacial score (nSPS) is 24.9. The van der Waals surface area contributed by atoms with Crippen molar-refractivity contribution in [2.24, 2.45) is 5.73 Å². The molecule has 2 saturated heterocycles. The van der Waals surface area contributed by atoms with Crippen molar-refractivity contribution in [1.82, 2.24) is 14.9 Å². The lowest BCUT2D eigenvalue weighted by molar-refractivity contribution is 0.0209. The summed E-state index contributed by atoms with van der Waals surface area (Å²) in [6.45, 7) is 6.36. The van der Waals surface area contributed by atoms with Crippen LogP contribution in [-0.2, 0) is 11.3 Å². The molecule has 6 heteroatoms. The lowest BCUT2D eigenvalue weighted by Gasteiger charge is -2.32. The fourth-order valence-electron chi connectivity index (χ4n) is 2.78. The van der Waals surface area contributed by atoms with Crippen LogP contribution in [0.15, 0.2) is 12.4 Å². The lowest BCUT2D eigenvalue weighted by atomic mass is 10.2. The molecule has 0 bridgehead atoms. The predicted octanol–water partition coefficient (Wildman–Crippen LogP) is -0.154. The summed E-state index contributed by atoms with van der Waals surface area (Å²) in [5, 5.41) is 0. The molecule has 0 radical (unpaired) electrons. The van der Waals surface area contributed by atoms with Gasteiger partial charge in [0.15, 0.2) is 0 Å². The first-order chi connectivity index (χ1) is 9.36. The second kappa shape index (κ2) is 5.81. The maximum Gasteiger partial charge on any atom is 0.225 e. The first kappa shape index (κ1) is 12.8. The van der Waals surface area contributed by atoms with E-state index in [0.29, 0.717) is 12.6 Å². The molecule has 19 heavy (non-hydrogen) atoms. The number of rotatable bonds is 3. The Bertz CT molecular complexity index is 404. The fourth-order valence-corrected chi connectivity index (χ4v) is 2.78. The molecule has 0 amide bonds. The summed E-state index contributed by atoms with van der Waals surface area (Å²) in [5.41, 5.74) is 6.54. The third-order valence-electron chi connectivity index (χ3n) is 3.94. The molecule has 2 aliphatic heterocycles. The molecule has 1 unspecified atom stereocenters. The fraction of sp³-hybridized carbons (Fsp3) is 0.692. The lowest BCUT2D eigenvalue weighted by Crippen LogP contribution is -2.44. The molecular weight excluding hydrogens is 242 g/mol. The molecule has 1 aromatic heterocycles. The van der Waals surface area contributed by atoms with Gasteiger partial charge in [-0.3, -0.25) is 4.90 Å². The van der Waals surface area contributed by atoms with Gasteiger partial charge in [0, 0.05) is 56.7 Å². The molecule has 6 nitrogen and oxygen atoms in total. The van der Waals surface area contributed by atoms with Crippen molar-refractivity contribution in [1.29, 1.82) is 0 Å². The van der Waals surface area contributed by atoms with Crippen LogP contribution in [0.3, 0.4) is 0 Å². The Morgan fingerprint density at radius 1 is 1.21 bits per heavy atom. The largest absolute Gasteiger partial charge is 0.379 e. The van der Waals surface area contributed by atoms with Crippen molar-refractivity contribution in [3.05, 3.63) is 18.0 Å². The van der Waals surface area contributed by atoms with Gasteiger partial charge in [0.25, 0.3) is 0 Å².